The lowest BCUT2D eigenvalue weighted by Crippen LogP contribution is -2.75. The van der Waals surface area contributed by atoms with Crippen LogP contribution in [0.5, 0.6) is 17.2 Å². The second kappa shape index (κ2) is 16.9. The van der Waals surface area contributed by atoms with Crippen LogP contribution >= 0.6 is 0 Å². The average Bonchev–Trinajstić information content (AvgIpc) is 3.75. The maximum absolute atomic E-state index is 16.0. The number of imidazole rings is 1. The summed E-state index contributed by atoms with van der Waals surface area (Å²) in [6, 6.07) is 7.14. The third-order valence-electron chi connectivity index (χ3n) is 15.4. The summed E-state index contributed by atoms with van der Waals surface area (Å²) < 4.78 is 37.5. The Hall–Kier alpha value is -5.33. The first-order valence-electron chi connectivity index (χ1n) is 24.1. The average molecular weight is 949 g/mol. The summed E-state index contributed by atoms with van der Waals surface area (Å²) in [5, 5.41) is 59.8. The Morgan fingerprint density at radius 1 is 0.986 bits per heavy atom. The number of carbonyl (C=O) groups excluding carboxylic acids is 2. The highest BCUT2D eigenvalue weighted by Crippen LogP contribution is 2.74. The van der Waals surface area contributed by atoms with Crippen molar-refractivity contribution in [2.75, 3.05) is 25.1 Å². The van der Waals surface area contributed by atoms with E-state index < -0.39 is 77.6 Å². The van der Waals surface area contributed by atoms with E-state index in [9.17, 15) is 30.3 Å². The van der Waals surface area contributed by atoms with E-state index in [1.54, 1.807) is 13.0 Å². The summed E-state index contributed by atoms with van der Waals surface area (Å²) >= 11 is 0. The molecule has 6 unspecified atom stereocenters. The fourth-order valence-corrected chi connectivity index (χ4v) is 12.2. The summed E-state index contributed by atoms with van der Waals surface area (Å²) in [4.78, 5) is 34.4. The van der Waals surface area contributed by atoms with Gasteiger partial charge in [0.2, 0.25) is 18.1 Å². The number of hydrogen-bond acceptors (Lipinski definition) is 14. The SMILES string of the molecule is CC(C)=CCCC1(C)C=Cc2c(c(CC=C(C)C)c3c(c2O[C@@H]2O[C@H](CO)[C@@H](O)[C@H](O)[C@H]2O)C2=C4C(C5CC6C(C)(C)OC(C/C=C(/C)C(=O)NCCO)(C5=O)C46O3)n3c(nc4ccccc43)N2)O1. The summed E-state index contributed by atoms with van der Waals surface area (Å²) in [5.74, 6) is -0.131. The number of fused-ring (bicyclic) bond motifs is 6. The van der Waals surface area contributed by atoms with Crippen LogP contribution < -0.4 is 24.8 Å². The maximum atomic E-state index is 16.0. The molecule has 2 aromatic carbocycles. The zero-order valence-corrected chi connectivity index (χ0v) is 40.5. The molecule has 3 saturated carbocycles. The summed E-state index contributed by atoms with van der Waals surface area (Å²) in [5.41, 5.74) is 2.09. The Morgan fingerprint density at radius 2 is 1.74 bits per heavy atom. The van der Waals surface area contributed by atoms with Crippen molar-refractivity contribution in [2.45, 2.75) is 147 Å². The zero-order valence-electron chi connectivity index (χ0n) is 40.5. The highest BCUT2D eigenvalue weighted by molar-refractivity contribution is 6.04. The molecule has 3 aromatic rings. The Labute approximate surface area is 401 Å². The molecule has 1 amide bonds. The van der Waals surface area contributed by atoms with Gasteiger partial charge >= 0.3 is 0 Å². The number of amides is 1. The third kappa shape index (κ3) is 7.07. The van der Waals surface area contributed by atoms with E-state index in [-0.39, 0.29) is 37.0 Å². The fourth-order valence-electron chi connectivity index (χ4n) is 12.2. The minimum absolute atomic E-state index is 0.0127. The van der Waals surface area contributed by atoms with Gasteiger partial charge in [-0.05, 0) is 105 Å². The number of rotatable bonds is 13. The lowest BCUT2D eigenvalue weighted by Gasteiger charge is -2.62. The number of para-hydroxylation sites is 2. The molecule has 368 valence electrons. The van der Waals surface area contributed by atoms with Crippen LogP contribution in [0.4, 0.5) is 5.95 Å². The van der Waals surface area contributed by atoms with Gasteiger partial charge in [0.05, 0.1) is 52.7 Å². The number of ether oxygens (including phenoxy) is 5. The number of aromatic nitrogens is 2. The molecule has 16 heteroatoms. The molecule has 7 N–H and O–H groups in total. The molecule has 1 spiro atoms. The maximum Gasteiger partial charge on any atom is 0.246 e. The highest BCUT2D eigenvalue weighted by Gasteiger charge is 2.84. The van der Waals surface area contributed by atoms with Gasteiger partial charge in [-0.25, -0.2) is 4.98 Å². The van der Waals surface area contributed by atoms with Crippen molar-refractivity contribution in [3.05, 3.63) is 87.6 Å². The Morgan fingerprint density at radius 3 is 2.46 bits per heavy atom. The normalized spacial score (nSPS) is 33.1. The molecule has 2 saturated heterocycles. The molecule has 5 aliphatic heterocycles. The number of aliphatic hydroxyl groups excluding tert-OH is 5. The first-order chi connectivity index (χ1) is 32.8. The largest absolute Gasteiger partial charge is 0.482 e. The van der Waals surface area contributed by atoms with Gasteiger partial charge in [0.1, 0.15) is 47.3 Å². The van der Waals surface area contributed by atoms with Crippen LogP contribution in [0.25, 0.3) is 22.8 Å². The number of Topliss-reactive ketones (excluding diaryl/α,β-unsaturated/α-hetero) is 1. The number of aliphatic hydroxyl groups is 5. The molecule has 6 heterocycles. The molecule has 8 aliphatic rings. The molecule has 0 radical (unpaired) electrons. The van der Waals surface area contributed by atoms with Gasteiger partial charge < -0.3 is 64.4 Å². The van der Waals surface area contributed by atoms with Crippen LogP contribution in [0.2, 0.25) is 0 Å². The molecule has 69 heavy (non-hydrogen) atoms. The van der Waals surface area contributed by atoms with Gasteiger partial charge in [-0.1, -0.05) is 41.5 Å². The van der Waals surface area contributed by atoms with Crippen molar-refractivity contribution in [3.63, 3.8) is 0 Å². The van der Waals surface area contributed by atoms with Gasteiger partial charge in [0.15, 0.2) is 17.0 Å². The molecule has 16 nitrogen and oxygen atoms in total. The number of nitrogens with one attached hydrogen (secondary N) is 2. The van der Waals surface area contributed by atoms with E-state index in [0.717, 1.165) is 23.1 Å². The fraction of sp³-hybridized carbons (Fsp3) is 0.528. The summed E-state index contributed by atoms with van der Waals surface area (Å²) in [6.45, 7) is 15.0. The molecular weight excluding hydrogens is 885 g/mol. The molecular formula is C53H64N4O12. The third-order valence-corrected chi connectivity index (χ3v) is 15.4. The molecule has 3 aliphatic carbocycles. The molecule has 11 rings (SSSR count). The van der Waals surface area contributed by atoms with Gasteiger partial charge in [0, 0.05) is 41.5 Å². The minimum atomic E-state index is -1.76. The van der Waals surface area contributed by atoms with Crippen molar-refractivity contribution in [3.8, 4) is 17.2 Å². The predicted octanol–water partition coefficient (Wildman–Crippen LogP) is 5.35. The van der Waals surface area contributed by atoms with Crippen molar-refractivity contribution >= 4 is 40.4 Å². The lowest BCUT2D eigenvalue weighted by atomic mass is 9.47. The number of anilines is 1. The van der Waals surface area contributed by atoms with E-state index in [2.05, 4.69) is 41.2 Å². The van der Waals surface area contributed by atoms with Crippen molar-refractivity contribution in [1.29, 1.82) is 0 Å². The van der Waals surface area contributed by atoms with Crippen LogP contribution in [-0.4, -0.2) is 120 Å². The monoisotopic (exact) mass is 948 g/mol. The smallest absolute Gasteiger partial charge is 0.246 e. The summed E-state index contributed by atoms with van der Waals surface area (Å²) in [6.07, 6.45) is 4.02. The van der Waals surface area contributed by atoms with Gasteiger partial charge in [-0.15, -0.1) is 0 Å². The van der Waals surface area contributed by atoms with Gasteiger partial charge in [0.25, 0.3) is 0 Å². The lowest BCUT2D eigenvalue weighted by molar-refractivity contribution is -0.277. The van der Waals surface area contributed by atoms with Crippen molar-refractivity contribution in [2.24, 2.45) is 11.8 Å². The first kappa shape index (κ1) is 47.4. The molecule has 1 aromatic heterocycles. The van der Waals surface area contributed by atoms with Crippen LogP contribution in [-0.2, 0) is 25.5 Å². The van der Waals surface area contributed by atoms with Gasteiger partial charge in [-0.2, -0.15) is 0 Å². The number of ketones is 1. The second-order valence-corrected chi connectivity index (χ2v) is 21.0. The zero-order chi connectivity index (χ0) is 49.1. The first-order valence-corrected chi connectivity index (χ1v) is 24.1. The van der Waals surface area contributed by atoms with Gasteiger partial charge in [-0.3, -0.25) is 9.59 Å². The second-order valence-electron chi connectivity index (χ2n) is 21.0. The minimum Gasteiger partial charge on any atom is -0.482 e. The molecule has 4 bridgehead atoms. The van der Waals surface area contributed by atoms with Crippen molar-refractivity contribution in [1.82, 2.24) is 14.9 Å². The predicted molar refractivity (Wildman–Crippen MR) is 256 cm³/mol. The summed E-state index contributed by atoms with van der Waals surface area (Å²) in [7, 11) is 0. The van der Waals surface area contributed by atoms with E-state index in [1.807, 2.05) is 71.0 Å². The van der Waals surface area contributed by atoms with Crippen molar-refractivity contribution < 1.29 is 58.8 Å². The number of benzene rings is 2. The van der Waals surface area contributed by atoms with E-state index in [0.29, 0.717) is 70.2 Å². The number of allylic oxidation sites excluding steroid dienone is 4. The van der Waals surface area contributed by atoms with Crippen LogP contribution in [0.3, 0.4) is 0 Å². The van der Waals surface area contributed by atoms with E-state index >= 15 is 4.79 Å². The Balaban J connectivity index is 1.28. The standard InChI is InChI=1S/C53H64N4O12/c1-26(2)12-11-19-51(8)20-18-30-43(67-51)29(16-15-27(3)4)45-36(44(30)66-48-42(62)41(61)40(60)34(25-59)65-48)38-37-39(57-33-14-10-9-13-32(33)55-49(57)56-38)31-24-35-50(6,7)69-52(46(31)63,53(35,37)68-45)21-17-28(5)47(64)54-22-23-58/h9-10,12-15,17-18,20,31,34-35,39-42,48,58-62H,11,16,19,21-25H2,1-8H3,(H,54,64)(H,55,56)/b28-17-/t31?,34-,35?,39?,40-,41+,42-,48+,51?,52?,53?/m1/s1. The number of carbonyl (C=O) groups is 2. The van der Waals surface area contributed by atoms with E-state index in [1.165, 1.54) is 5.57 Å². The highest BCUT2D eigenvalue weighted by atomic mass is 16.7. The Bertz CT molecular complexity index is 2800. The number of hydrogen-bond donors (Lipinski definition) is 7. The van der Waals surface area contributed by atoms with E-state index in [4.69, 9.17) is 28.7 Å². The molecule has 5 fully saturated rings. The van der Waals surface area contributed by atoms with Crippen LogP contribution in [0.1, 0.15) is 104 Å². The Kier molecular flexibility index (Phi) is 11.6. The van der Waals surface area contributed by atoms with Crippen LogP contribution in [0, 0.1) is 11.8 Å². The quantitative estimate of drug-likeness (QED) is 0.0848. The topological polar surface area (TPSA) is 223 Å². The molecule has 11 atom stereocenters. The van der Waals surface area contributed by atoms with Crippen LogP contribution in [0.15, 0.2) is 70.9 Å². The number of nitrogens with zero attached hydrogens (tertiary/aromatic N) is 2.